The van der Waals surface area contributed by atoms with E-state index in [1.54, 1.807) is 7.11 Å². The number of rotatable bonds is 2. The van der Waals surface area contributed by atoms with Crippen LogP contribution in [0.1, 0.15) is 19.8 Å². The first-order chi connectivity index (χ1) is 8.11. The number of methoxy groups -OCH3 is 1. The van der Waals surface area contributed by atoms with Gasteiger partial charge in [-0.1, -0.05) is 11.6 Å². The second kappa shape index (κ2) is 5.15. The van der Waals surface area contributed by atoms with E-state index in [2.05, 4.69) is 11.8 Å². The number of hydrogen-bond donors (Lipinski definition) is 1. The second-order valence-corrected chi connectivity index (χ2v) is 5.04. The van der Waals surface area contributed by atoms with Gasteiger partial charge in [0.25, 0.3) is 0 Å². The lowest BCUT2D eigenvalue weighted by atomic mass is 10.00. The molecule has 3 nitrogen and oxygen atoms in total. The van der Waals surface area contributed by atoms with Gasteiger partial charge in [0.1, 0.15) is 0 Å². The summed E-state index contributed by atoms with van der Waals surface area (Å²) in [5, 5.41) is 0.729. The van der Waals surface area contributed by atoms with Crippen molar-refractivity contribution in [3.8, 4) is 0 Å². The molecule has 1 fully saturated rings. The van der Waals surface area contributed by atoms with E-state index in [0.29, 0.717) is 17.8 Å². The molecule has 17 heavy (non-hydrogen) atoms. The van der Waals surface area contributed by atoms with E-state index < -0.39 is 0 Å². The van der Waals surface area contributed by atoms with Crippen LogP contribution in [0.25, 0.3) is 0 Å². The highest BCUT2D eigenvalue weighted by molar-refractivity contribution is 6.33. The van der Waals surface area contributed by atoms with Gasteiger partial charge in [-0.3, -0.25) is 0 Å². The van der Waals surface area contributed by atoms with Crippen molar-refractivity contribution in [2.75, 3.05) is 24.3 Å². The lowest BCUT2D eigenvalue weighted by Gasteiger charge is -2.39. The molecule has 1 aliphatic heterocycles. The number of benzene rings is 1. The summed E-state index contributed by atoms with van der Waals surface area (Å²) >= 11 is 6.25. The lowest BCUT2D eigenvalue weighted by molar-refractivity contribution is 0.0721. The van der Waals surface area contributed by atoms with Gasteiger partial charge in [-0.05, 0) is 38.0 Å². The third-order valence-corrected chi connectivity index (χ3v) is 3.75. The molecule has 2 atom stereocenters. The van der Waals surface area contributed by atoms with Crippen molar-refractivity contribution in [1.82, 2.24) is 0 Å². The average Bonchev–Trinajstić information content (AvgIpc) is 2.30. The lowest BCUT2D eigenvalue weighted by Crippen LogP contribution is -2.43. The molecule has 1 heterocycles. The van der Waals surface area contributed by atoms with Crippen LogP contribution in [-0.2, 0) is 4.74 Å². The maximum Gasteiger partial charge on any atom is 0.0660 e. The molecule has 2 unspecified atom stereocenters. The quantitative estimate of drug-likeness (QED) is 0.825. The van der Waals surface area contributed by atoms with Gasteiger partial charge in [-0.25, -0.2) is 0 Å². The van der Waals surface area contributed by atoms with Crippen LogP contribution in [0.2, 0.25) is 5.02 Å². The molecule has 4 heteroatoms. The zero-order valence-electron chi connectivity index (χ0n) is 10.3. The topological polar surface area (TPSA) is 38.5 Å². The van der Waals surface area contributed by atoms with Crippen molar-refractivity contribution < 1.29 is 4.74 Å². The van der Waals surface area contributed by atoms with Crippen molar-refractivity contribution in [2.45, 2.75) is 31.9 Å². The normalized spacial score (nSPS) is 25.0. The van der Waals surface area contributed by atoms with Gasteiger partial charge in [-0.15, -0.1) is 0 Å². The van der Waals surface area contributed by atoms with Crippen molar-refractivity contribution in [2.24, 2.45) is 0 Å². The number of nitrogens with two attached hydrogens (primary N) is 1. The summed E-state index contributed by atoms with van der Waals surface area (Å²) in [4.78, 5) is 2.33. The molecule has 1 saturated heterocycles. The van der Waals surface area contributed by atoms with Gasteiger partial charge in [-0.2, -0.15) is 0 Å². The predicted octanol–water partition coefficient (Wildman–Crippen LogP) is 2.93. The fourth-order valence-corrected chi connectivity index (χ4v) is 2.75. The van der Waals surface area contributed by atoms with Crippen LogP contribution in [0.3, 0.4) is 0 Å². The molecule has 2 rings (SSSR count). The zero-order valence-corrected chi connectivity index (χ0v) is 11.1. The van der Waals surface area contributed by atoms with Crippen LogP contribution < -0.4 is 10.6 Å². The molecular weight excluding hydrogens is 236 g/mol. The Balaban J connectivity index is 2.17. The number of ether oxygens (including phenoxy) is 1. The fourth-order valence-electron chi connectivity index (χ4n) is 2.46. The summed E-state index contributed by atoms with van der Waals surface area (Å²) in [6.07, 6.45) is 2.45. The minimum atomic E-state index is 0.369. The number of piperidine rings is 1. The summed E-state index contributed by atoms with van der Waals surface area (Å²) < 4.78 is 5.42. The minimum absolute atomic E-state index is 0.369. The Morgan fingerprint density at radius 2 is 2.24 bits per heavy atom. The summed E-state index contributed by atoms with van der Waals surface area (Å²) in [6.45, 7) is 3.18. The smallest absolute Gasteiger partial charge is 0.0660 e. The molecule has 0 aliphatic carbocycles. The van der Waals surface area contributed by atoms with Crippen LogP contribution in [-0.4, -0.2) is 25.8 Å². The Kier molecular flexibility index (Phi) is 3.79. The van der Waals surface area contributed by atoms with Gasteiger partial charge < -0.3 is 15.4 Å². The zero-order chi connectivity index (χ0) is 12.4. The van der Waals surface area contributed by atoms with Gasteiger partial charge in [0.15, 0.2) is 0 Å². The Bertz CT molecular complexity index is 397. The maximum atomic E-state index is 6.25. The number of nitrogen functional groups attached to an aromatic ring is 1. The standard InChI is InChI=1S/C13H19ClN2O/c1-9-7-11(17-2)5-6-16(9)13-4-3-10(15)8-12(13)14/h3-4,8-9,11H,5-7,15H2,1-2H3. The van der Waals surface area contributed by atoms with Gasteiger partial charge in [0, 0.05) is 25.4 Å². The minimum Gasteiger partial charge on any atom is -0.399 e. The number of hydrogen-bond acceptors (Lipinski definition) is 3. The van der Waals surface area contributed by atoms with E-state index in [0.717, 1.165) is 30.1 Å². The molecular formula is C13H19ClN2O. The predicted molar refractivity (Wildman–Crippen MR) is 72.7 cm³/mol. The number of halogens is 1. The van der Waals surface area contributed by atoms with Crippen LogP contribution in [0, 0.1) is 0 Å². The van der Waals surface area contributed by atoms with E-state index >= 15 is 0 Å². The highest BCUT2D eigenvalue weighted by atomic mass is 35.5. The molecule has 1 aromatic rings. The first kappa shape index (κ1) is 12.5. The highest BCUT2D eigenvalue weighted by Crippen LogP contribution is 2.32. The van der Waals surface area contributed by atoms with Crippen molar-refractivity contribution >= 4 is 23.0 Å². The molecule has 0 amide bonds. The van der Waals surface area contributed by atoms with Crippen LogP contribution >= 0.6 is 11.6 Å². The maximum absolute atomic E-state index is 6.25. The molecule has 0 saturated carbocycles. The summed E-state index contributed by atoms with van der Waals surface area (Å²) in [6, 6.07) is 6.15. The molecule has 2 N–H and O–H groups in total. The van der Waals surface area contributed by atoms with Gasteiger partial charge in [0.2, 0.25) is 0 Å². The Hall–Kier alpha value is -0.930. The number of anilines is 2. The summed E-state index contributed by atoms with van der Waals surface area (Å²) in [5.74, 6) is 0. The van der Waals surface area contributed by atoms with Crippen molar-refractivity contribution in [3.05, 3.63) is 23.2 Å². The van der Waals surface area contributed by atoms with Crippen molar-refractivity contribution in [1.29, 1.82) is 0 Å². The first-order valence-electron chi connectivity index (χ1n) is 5.96. The van der Waals surface area contributed by atoms with Crippen LogP contribution in [0.5, 0.6) is 0 Å². The SMILES string of the molecule is COC1CCN(c2ccc(N)cc2Cl)C(C)C1. The molecule has 0 radical (unpaired) electrons. The molecule has 1 aromatic carbocycles. The van der Waals surface area contributed by atoms with Crippen LogP contribution in [0.4, 0.5) is 11.4 Å². The average molecular weight is 255 g/mol. The van der Waals surface area contributed by atoms with E-state index in [9.17, 15) is 0 Å². The van der Waals surface area contributed by atoms with E-state index in [1.807, 2.05) is 18.2 Å². The number of nitrogens with zero attached hydrogens (tertiary/aromatic N) is 1. The summed E-state index contributed by atoms with van der Waals surface area (Å²) in [5.41, 5.74) is 7.49. The Morgan fingerprint density at radius 1 is 1.47 bits per heavy atom. The van der Waals surface area contributed by atoms with Gasteiger partial charge >= 0.3 is 0 Å². The van der Waals surface area contributed by atoms with E-state index in [4.69, 9.17) is 22.1 Å². The fraction of sp³-hybridized carbons (Fsp3) is 0.538. The van der Waals surface area contributed by atoms with Gasteiger partial charge in [0.05, 0.1) is 16.8 Å². The Morgan fingerprint density at radius 3 is 2.82 bits per heavy atom. The van der Waals surface area contributed by atoms with E-state index in [1.165, 1.54) is 0 Å². The first-order valence-corrected chi connectivity index (χ1v) is 6.34. The van der Waals surface area contributed by atoms with Crippen LogP contribution in [0.15, 0.2) is 18.2 Å². The highest BCUT2D eigenvalue weighted by Gasteiger charge is 2.26. The molecule has 0 aromatic heterocycles. The monoisotopic (exact) mass is 254 g/mol. The Labute approximate surface area is 107 Å². The third-order valence-electron chi connectivity index (χ3n) is 3.44. The molecule has 1 aliphatic rings. The summed E-state index contributed by atoms with van der Waals surface area (Å²) in [7, 11) is 1.78. The third kappa shape index (κ3) is 2.67. The largest absolute Gasteiger partial charge is 0.399 e. The van der Waals surface area contributed by atoms with Crippen molar-refractivity contribution in [3.63, 3.8) is 0 Å². The second-order valence-electron chi connectivity index (χ2n) is 4.64. The van der Waals surface area contributed by atoms with E-state index in [-0.39, 0.29) is 0 Å². The molecule has 0 bridgehead atoms. The molecule has 0 spiro atoms. The molecule has 94 valence electrons.